The molecule has 138 valence electrons. The third kappa shape index (κ3) is 5.03. The van der Waals surface area contributed by atoms with Crippen LogP contribution in [0, 0.1) is 0 Å². The molecule has 0 unspecified atom stereocenters. The number of benzene rings is 1. The molecule has 1 amide bonds. The molecule has 1 aromatic heterocycles. The van der Waals surface area contributed by atoms with E-state index in [1.807, 2.05) is 0 Å². The van der Waals surface area contributed by atoms with E-state index in [2.05, 4.69) is 15.0 Å². The van der Waals surface area contributed by atoms with Gasteiger partial charge in [0.15, 0.2) is 0 Å². The van der Waals surface area contributed by atoms with Crippen molar-refractivity contribution in [3.63, 3.8) is 0 Å². The van der Waals surface area contributed by atoms with Crippen LogP contribution >= 0.6 is 0 Å². The van der Waals surface area contributed by atoms with Gasteiger partial charge in [0, 0.05) is 18.9 Å². The van der Waals surface area contributed by atoms with Gasteiger partial charge in [-0.25, -0.2) is 13.2 Å². The Morgan fingerprint density at radius 3 is 2.38 bits per heavy atom. The standard InChI is InChI=1S/C17H19N3O5S/c1-25-17(22)13-5-7-15(8-6-13)20(26(2,23)24)11-10-19-16(21)14-4-3-9-18-12-14/h3-9,12H,10-11H2,1-2H3,(H,19,21). The Balaban J connectivity index is 2.06. The summed E-state index contributed by atoms with van der Waals surface area (Å²) in [5.74, 6) is -0.848. The lowest BCUT2D eigenvalue weighted by molar-refractivity contribution is 0.0600. The number of ether oxygens (including phenoxy) is 1. The van der Waals surface area contributed by atoms with E-state index in [-0.39, 0.29) is 19.0 Å². The van der Waals surface area contributed by atoms with Crippen LogP contribution in [0.1, 0.15) is 20.7 Å². The summed E-state index contributed by atoms with van der Waals surface area (Å²) in [4.78, 5) is 27.3. The maximum absolute atomic E-state index is 12.1. The van der Waals surface area contributed by atoms with E-state index in [4.69, 9.17) is 0 Å². The number of methoxy groups -OCH3 is 1. The molecule has 0 aliphatic carbocycles. The second-order valence-electron chi connectivity index (χ2n) is 5.37. The van der Waals surface area contributed by atoms with E-state index in [1.54, 1.807) is 18.3 Å². The van der Waals surface area contributed by atoms with Crippen LogP contribution in [0.25, 0.3) is 0 Å². The Kier molecular flexibility index (Phi) is 6.29. The van der Waals surface area contributed by atoms with Crippen molar-refractivity contribution in [3.05, 3.63) is 59.9 Å². The van der Waals surface area contributed by atoms with Gasteiger partial charge in [0.25, 0.3) is 5.91 Å². The smallest absolute Gasteiger partial charge is 0.337 e. The van der Waals surface area contributed by atoms with E-state index in [0.29, 0.717) is 16.8 Å². The highest BCUT2D eigenvalue weighted by atomic mass is 32.2. The molecule has 26 heavy (non-hydrogen) atoms. The van der Waals surface area contributed by atoms with Gasteiger partial charge in [-0.1, -0.05) is 0 Å². The van der Waals surface area contributed by atoms with Gasteiger partial charge >= 0.3 is 5.97 Å². The summed E-state index contributed by atoms with van der Waals surface area (Å²) in [6.07, 6.45) is 4.06. The predicted octanol–water partition coefficient (Wildman–Crippen LogP) is 1.06. The minimum Gasteiger partial charge on any atom is -0.465 e. The molecule has 2 rings (SSSR count). The molecule has 0 atom stereocenters. The number of hydrogen-bond acceptors (Lipinski definition) is 6. The summed E-state index contributed by atoms with van der Waals surface area (Å²) in [6.45, 7) is 0.155. The summed E-state index contributed by atoms with van der Waals surface area (Å²) in [5.41, 5.74) is 1.09. The Bertz CT molecular complexity index is 867. The van der Waals surface area contributed by atoms with Crippen molar-refractivity contribution in [2.45, 2.75) is 0 Å². The number of anilines is 1. The van der Waals surface area contributed by atoms with E-state index in [9.17, 15) is 18.0 Å². The van der Waals surface area contributed by atoms with Crippen LogP contribution in [-0.4, -0.2) is 51.7 Å². The summed E-state index contributed by atoms with van der Waals surface area (Å²) in [6, 6.07) is 9.23. The first kappa shape index (κ1) is 19.4. The molecule has 1 aromatic carbocycles. The van der Waals surface area contributed by atoms with Gasteiger partial charge in [-0.3, -0.25) is 14.1 Å². The lowest BCUT2D eigenvalue weighted by Crippen LogP contribution is -2.38. The molecule has 0 spiro atoms. The van der Waals surface area contributed by atoms with Gasteiger partial charge < -0.3 is 10.1 Å². The Morgan fingerprint density at radius 2 is 1.85 bits per heavy atom. The maximum atomic E-state index is 12.1. The van der Waals surface area contributed by atoms with E-state index in [1.165, 1.54) is 37.6 Å². The van der Waals surface area contributed by atoms with Crippen LogP contribution in [0.2, 0.25) is 0 Å². The molecular weight excluding hydrogens is 358 g/mol. The van der Waals surface area contributed by atoms with Gasteiger partial charge in [0.2, 0.25) is 10.0 Å². The van der Waals surface area contributed by atoms with Crippen LogP contribution in [0.4, 0.5) is 5.69 Å². The molecular formula is C17H19N3O5S. The van der Waals surface area contributed by atoms with Gasteiger partial charge in [0.1, 0.15) is 0 Å². The number of carbonyl (C=O) groups excluding carboxylic acids is 2. The van der Waals surface area contributed by atoms with Gasteiger partial charge in [0.05, 0.1) is 36.7 Å². The van der Waals surface area contributed by atoms with Gasteiger partial charge in [-0.2, -0.15) is 0 Å². The third-order valence-electron chi connectivity index (χ3n) is 3.50. The van der Waals surface area contributed by atoms with Crippen molar-refractivity contribution in [1.82, 2.24) is 10.3 Å². The normalized spacial score (nSPS) is 10.8. The zero-order valence-electron chi connectivity index (χ0n) is 14.4. The Hall–Kier alpha value is -2.94. The zero-order chi connectivity index (χ0) is 19.2. The molecule has 0 aliphatic rings. The number of pyridine rings is 1. The fourth-order valence-corrected chi connectivity index (χ4v) is 3.17. The minimum absolute atomic E-state index is 0.0441. The molecule has 0 saturated carbocycles. The first-order valence-corrected chi connectivity index (χ1v) is 9.52. The van der Waals surface area contributed by atoms with Crippen molar-refractivity contribution in [2.24, 2.45) is 0 Å². The number of sulfonamides is 1. The fourth-order valence-electron chi connectivity index (χ4n) is 2.24. The van der Waals surface area contributed by atoms with E-state index in [0.717, 1.165) is 10.6 Å². The molecule has 1 N–H and O–H groups in total. The Labute approximate surface area is 151 Å². The van der Waals surface area contributed by atoms with Gasteiger partial charge in [-0.15, -0.1) is 0 Å². The highest BCUT2D eigenvalue weighted by Gasteiger charge is 2.18. The molecule has 0 aliphatic heterocycles. The fraction of sp³-hybridized carbons (Fsp3) is 0.235. The van der Waals surface area contributed by atoms with Crippen molar-refractivity contribution in [3.8, 4) is 0 Å². The number of carbonyl (C=O) groups is 2. The summed E-state index contributed by atoms with van der Waals surface area (Å²) in [7, 11) is -2.30. The molecule has 0 saturated heterocycles. The number of esters is 1. The largest absolute Gasteiger partial charge is 0.465 e. The lowest BCUT2D eigenvalue weighted by atomic mass is 10.2. The minimum atomic E-state index is -3.57. The average molecular weight is 377 g/mol. The van der Waals surface area contributed by atoms with Gasteiger partial charge in [-0.05, 0) is 36.4 Å². The first-order chi connectivity index (χ1) is 12.3. The highest BCUT2D eigenvalue weighted by Crippen LogP contribution is 2.18. The summed E-state index contributed by atoms with van der Waals surface area (Å²) in [5, 5.41) is 2.65. The average Bonchev–Trinajstić information content (AvgIpc) is 2.64. The van der Waals surface area contributed by atoms with Crippen LogP contribution in [-0.2, 0) is 14.8 Å². The predicted molar refractivity (Wildman–Crippen MR) is 96.5 cm³/mol. The number of aromatic nitrogens is 1. The topological polar surface area (TPSA) is 106 Å². The molecule has 9 heteroatoms. The molecule has 0 radical (unpaired) electrons. The van der Waals surface area contributed by atoms with Crippen molar-refractivity contribution >= 4 is 27.6 Å². The summed E-state index contributed by atoms with van der Waals surface area (Å²) >= 11 is 0. The zero-order valence-corrected chi connectivity index (χ0v) is 15.2. The molecule has 0 bridgehead atoms. The molecule has 0 fully saturated rings. The SMILES string of the molecule is COC(=O)c1ccc(N(CCNC(=O)c2cccnc2)S(C)(=O)=O)cc1. The number of hydrogen-bond donors (Lipinski definition) is 1. The third-order valence-corrected chi connectivity index (χ3v) is 4.69. The molecule has 1 heterocycles. The first-order valence-electron chi connectivity index (χ1n) is 7.67. The number of nitrogens with one attached hydrogen (secondary N) is 1. The second kappa shape index (κ2) is 8.43. The molecule has 2 aromatic rings. The van der Waals surface area contributed by atoms with Crippen LogP contribution in [0.5, 0.6) is 0 Å². The highest BCUT2D eigenvalue weighted by molar-refractivity contribution is 7.92. The van der Waals surface area contributed by atoms with Crippen molar-refractivity contribution < 1.29 is 22.7 Å². The van der Waals surface area contributed by atoms with Crippen molar-refractivity contribution in [2.75, 3.05) is 30.8 Å². The van der Waals surface area contributed by atoms with Crippen LogP contribution < -0.4 is 9.62 Å². The van der Waals surface area contributed by atoms with Crippen LogP contribution in [0.3, 0.4) is 0 Å². The maximum Gasteiger partial charge on any atom is 0.337 e. The molecule has 8 nitrogen and oxygen atoms in total. The lowest BCUT2D eigenvalue weighted by Gasteiger charge is -2.22. The van der Waals surface area contributed by atoms with Crippen molar-refractivity contribution in [1.29, 1.82) is 0 Å². The second-order valence-corrected chi connectivity index (χ2v) is 7.28. The van der Waals surface area contributed by atoms with E-state index < -0.39 is 16.0 Å². The Morgan fingerprint density at radius 1 is 1.15 bits per heavy atom. The number of rotatable bonds is 7. The van der Waals surface area contributed by atoms with E-state index >= 15 is 0 Å². The van der Waals surface area contributed by atoms with Crippen LogP contribution in [0.15, 0.2) is 48.8 Å². The monoisotopic (exact) mass is 377 g/mol. The number of amides is 1. The quantitative estimate of drug-likeness (QED) is 0.724. The summed E-state index contributed by atoms with van der Waals surface area (Å²) < 4.78 is 29.9. The number of nitrogens with zero attached hydrogens (tertiary/aromatic N) is 2.